The maximum absolute atomic E-state index is 10.6. The molecule has 1 heterocycles. The van der Waals surface area contributed by atoms with Crippen LogP contribution in [-0.4, -0.2) is 27.3 Å². The van der Waals surface area contributed by atoms with Crippen LogP contribution in [0.25, 0.3) is 0 Å². The molecule has 2 fully saturated rings. The molecule has 2 aliphatic rings. The number of rotatable bonds is 3. The van der Waals surface area contributed by atoms with Crippen molar-refractivity contribution >= 4 is 11.8 Å². The van der Waals surface area contributed by atoms with Gasteiger partial charge in [-0.15, -0.1) is 10.2 Å². The molecular weight excluding hydrogens is 206 g/mol. The van der Waals surface area contributed by atoms with E-state index in [4.69, 9.17) is 5.11 Å². The van der Waals surface area contributed by atoms with Crippen molar-refractivity contribution in [2.45, 2.75) is 31.7 Å². The number of hydrogen-bond donors (Lipinski definition) is 2. The number of aromatic nitrogens is 2. The lowest BCUT2D eigenvalue weighted by Crippen LogP contribution is -2.37. The maximum atomic E-state index is 10.6. The van der Waals surface area contributed by atoms with Gasteiger partial charge in [-0.3, -0.25) is 0 Å². The summed E-state index contributed by atoms with van der Waals surface area (Å²) < 4.78 is 0. The lowest BCUT2D eigenvalue weighted by molar-refractivity contribution is 0.0689. The van der Waals surface area contributed by atoms with Crippen LogP contribution in [0.2, 0.25) is 0 Å². The summed E-state index contributed by atoms with van der Waals surface area (Å²) in [5.41, 5.74) is 0.643. The van der Waals surface area contributed by atoms with Crippen molar-refractivity contribution in [3.8, 4) is 0 Å². The second kappa shape index (κ2) is 3.17. The Bertz CT molecular complexity index is 417. The van der Waals surface area contributed by atoms with Gasteiger partial charge in [0.1, 0.15) is 5.82 Å². The third-order valence-electron chi connectivity index (χ3n) is 3.55. The molecule has 2 aliphatic carbocycles. The fraction of sp³-hybridized carbons (Fsp3) is 0.545. The second-order valence-electron chi connectivity index (χ2n) is 4.86. The van der Waals surface area contributed by atoms with Crippen LogP contribution >= 0.6 is 0 Å². The summed E-state index contributed by atoms with van der Waals surface area (Å²) in [4.78, 5) is 10.6. The predicted molar refractivity (Wildman–Crippen MR) is 57.3 cm³/mol. The highest BCUT2D eigenvalue weighted by Crippen LogP contribution is 2.61. The van der Waals surface area contributed by atoms with Gasteiger partial charge in [0, 0.05) is 6.04 Å². The van der Waals surface area contributed by atoms with Crippen LogP contribution < -0.4 is 5.32 Å². The van der Waals surface area contributed by atoms with E-state index in [1.165, 1.54) is 31.7 Å². The molecule has 5 nitrogen and oxygen atoms in total. The van der Waals surface area contributed by atoms with Crippen LogP contribution in [0.5, 0.6) is 0 Å². The van der Waals surface area contributed by atoms with E-state index < -0.39 is 5.97 Å². The Balaban J connectivity index is 1.60. The first-order chi connectivity index (χ1) is 7.67. The van der Waals surface area contributed by atoms with Crippen molar-refractivity contribution in [3.63, 3.8) is 0 Å². The monoisotopic (exact) mass is 219 g/mol. The highest BCUT2D eigenvalue weighted by atomic mass is 16.4. The predicted octanol–water partition coefficient (Wildman–Crippen LogP) is 1.53. The molecule has 16 heavy (non-hydrogen) atoms. The Morgan fingerprint density at radius 1 is 1.38 bits per heavy atom. The number of carbonyl (C=O) groups is 1. The largest absolute Gasteiger partial charge is 0.476 e. The number of nitrogens with one attached hydrogen (secondary N) is 1. The van der Waals surface area contributed by atoms with E-state index in [-0.39, 0.29) is 5.69 Å². The molecule has 0 saturated heterocycles. The van der Waals surface area contributed by atoms with Crippen LogP contribution in [0.4, 0.5) is 5.82 Å². The van der Waals surface area contributed by atoms with Gasteiger partial charge in [-0.1, -0.05) is 0 Å². The smallest absolute Gasteiger partial charge is 0.356 e. The number of carboxylic acid groups (broad SMARTS) is 1. The third-order valence-corrected chi connectivity index (χ3v) is 3.55. The van der Waals surface area contributed by atoms with E-state index in [1.807, 2.05) is 0 Å². The van der Waals surface area contributed by atoms with E-state index >= 15 is 0 Å². The molecule has 1 aromatic heterocycles. The van der Waals surface area contributed by atoms with Crippen LogP contribution in [0.3, 0.4) is 0 Å². The van der Waals surface area contributed by atoms with E-state index in [9.17, 15) is 4.79 Å². The summed E-state index contributed by atoms with van der Waals surface area (Å²) in [5.74, 6) is -0.370. The molecule has 1 aromatic rings. The first-order valence-electron chi connectivity index (χ1n) is 5.51. The number of nitrogens with zero attached hydrogens (tertiary/aromatic N) is 2. The van der Waals surface area contributed by atoms with Crippen molar-refractivity contribution in [1.29, 1.82) is 0 Å². The van der Waals surface area contributed by atoms with Gasteiger partial charge in [-0.05, 0) is 43.2 Å². The molecule has 0 atom stereocenters. The number of anilines is 1. The summed E-state index contributed by atoms with van der Waals surface area (Å²) in [6, 6.07) is 3.64. The molecule has 0 amide bonds. The number of aromatic carboxylic acids is 1. The average molecular weight is 219 g/mol. The fourth-order valence-corrected chi connectivity index (χ4v) is 2.41. The lowest BCUT2D eigenvalue weighted by Gasteiger charge is -2.36. The van der Waals surface area contributed by atoms with Crippen LogP contribution in [0, 0.1) is 5.41 Å². The summed E-state index contributed by atoms with van der Waals surface area (Å²) >= 11 is 0. The highest BCUT2D eigenvalue weighted by molar-refractivity contribution is 5.85. The van der Waals surface area contributed by atoms with Gasteiger partial charge in [-0.2, -0.15) is 0 Å². The van der Waals surface area contributed by atoms with Crippen LogP contribution in [0.15, 0.2) is 12.1 Å². The van der Waals surface area contributed by atoms with Gasteiger partial charge in [0.2, 0.25) is 0 Å². The quantitative estimate of drug-likeness (QED) is 0.806. The van der Waals surface area contributed by atoms with Crippen molar-refractivity contribution < 1.29 is 9.90 Å². The maximum Gasteiger partial charge on any atom is 0.356 e. The normalized spacial score (nSPS) is 21.5. The first-order valence-corrected chi connectivity index (χ1v) is 5.51. The van der Waals surface area contributed by atoms with Crippen molar-refractivity contribution in [1.82, 2.24) is 10.2 Å². The van der Waals surface area contributed by atoms with Gasteiger partial charge >= 0.3 is 5.97 Å². The molecule has 0 aliphatic heterocycles. The zero-order valence-corrected chi connectivity index (χ0v) is 8.81. The van der Waals surface area contributed by atoms with E-state index in [0.717, 1.165) is 0 Å². The van der Waals surface area contributed by atoms with Gasteiger partial charge in [0.15, 0.2) is 5.69 Å². The molecule has 0 bridgehead atoms. The topological polar surface area (TPSA) is 75.1 Å². The Kier molecular flexibility index (Phi) is 1.89. The average Bonchev–Trinajstić information content (AvgIpc) is 2.98. The lowest BCUT2D eigenvalue weighted by atomic mass is 9.77. The Labute approximate surface area is 92.9 Å². The summed E-state index contributed by atoms with van der Waals surface area (Å²) in [6.07, 6.45) is 5.17. The Morgan fingerprint density at radius 3 is 2.62 bits per heavy atom. The van der Waals surface area contributed by atoms with Gasteiger partial charge < -0.3 is 10.4 Å². The zero-order chi connectivity index (χ0) is 11.2. The first kappa shape index (κ1) is 9.57. The molecule has 0 aromatic carbocycles. The van der Waals surface area contributed by atoms with E-state index in [1.54, 1.807) is 6.07 Å². The molecule has 0 unspecified atom stereocenters. The fourth-order valence-electron chi connectivity index (χ4n) is 2.41. The van der Waals surface area contributed by atoms with E-state index in [0.29, 0.717) is 17.3 Å². The molecule has 5 heteroatoms. The molecule has 84 valence electrons. The highest BCUT2D eigenvalue weighted by Gasteiger charge is 2.52. The van der Waals surface area contributed by atoms with Crippen LogP contribution in [-0.2, 0) is 0 Å². The van der Waals surface area contributed by atoms with Gasteiger partial charge in [0.05, 0.1) is 0 Å². The molecule has 2 saturated carbocycles. The minimum atomic E-state index is -1.04. The van der Waals surface area contributed by atoms with Gasteiger partial charge in [0.25, 0.3) is 0 Å². The minimum Gasteiger partial charge on any atom is -0.476 e. The summed E-state index contributed by atoms with van der Waals surface area (Å²) in [6.45, 7) is 0. The Hall–Kier alpha value is -1.65. The van der Waals surface area contributed by atoms with Gasteiger partial charge in [-0.25, -0.2) is 4.79 Å². The summed E-state index contributed by atoms with van der Waals surface area (Å²) in [7, 11) is 0. The van der Waals surface area contributed by atoms with Crippen LogP contribution in [0.1, 0.15) is 36.2 Å². The molecule has 1 spiro atoms. The van der Waals surface area contributed by atoms with Crippen molar-refractivity contribution in [3.05, 3.63) is 17.8 Å². The minimum absolute atomic E-state index is 0.0159. The molecule has 3 rings (SSSR count). The Morgan fingerprint density at radius 2 is 2.12 bits per heavy atom. The SMILES string of the molecule is O=C(O)c1ccc(NC2CC3(CC3)C2)nn1. The molecule has 2 N–H and O–H groups in total. The standard InChI is InChI=1S/C11H13N3O2/c15-10(16)8-1-2-9(14-13-8)12-7-5-11(6-7)3-4-11/h1-2,7H,3-6H2,(H,12,14)(H,15,16). The van der Waals surface area contributed by atoms with Crippen molar-refractivity contribution in [2.75, 3.05) is 5.32 Å². The van der Waals surface area contributed by atoms with E-state index in [2.05, 4.69) is 15.5 Å². The zero-order valence-electron chi connectivity index (χ0n) is 8.81. The molecule has 0 radical (unpaired) electrons. The summed E-state index contributed by atoms with van der Waals surface area (Å²) in [5, 5.41) is 19.4. The molecular formula is C11H13N3O2. The third kappa shape index (κ3) is 1.62. The number of carboxylic acids is 1. The van der Waals surface area contributed by atoms with Crippen molar-refractivity contribution in [2.24, 2.45) is 5.41 Å². The number of hydrogen-bond acceptors (Lipinski definition) is 4. The second-order valence-corrected chi connectivity index (χ2v) is 4.86.